The number of halogens is 4. The number of anilines is 1. The number of carbonyl (C=O) groups excluding carboxylic acids is 1. The second-order valence-corrected chi connectivity index (χ2v) is 5.87. The number of amides is 1. The van der Waals surface area contributed by atoms with Crippen molar-refractivity contribution >= 4 is 27.5 Å². The molecule has 0 unspecified atom stereocenters. The van der Waals surface area contributed by atoms with Crippen molar-refractivity contribution in [3.8, 4) is 0 Å². The molecule has 2 N–H and O–H groups in total. The van der Waals surface area contributed by atoms with Crippen LogP contribution in [0, 0.1) is 11.8 Å². The van der Waals surface area contributed by atoms with E-state index in [1.807, 2.05) is 6.92 Å². The number of hydrogen-bond donors (Lipinski definition) is 2. The van der Waals surface area contributed by atoms with Gasteiger partial charge in [-0.15, -0.1) is 0 Å². The minimum atomic E-state index is -4.44. The van der Waals surface area contributed by atoms with Gasteiger partial charge < -0.3 is 10.6 Å². The minimum absolute atomic E-state index is 0.149. The Balaban J connectivity index is 2.17. The molecule has 0 aromatic heterocycles. The summed E-state index contributed by atoms with van der Waals surface area (Å²) in [5, 5.41) is 5.64. The summed E-state index contributed by atoms with van der Waals surface area (Å²) in [6.07, 6.45) is -4.44. The summed E-state index contributed by atoms with van der Waals surface area (Å²) < 4.78 is 38.4. The molecule has 7 heteroatoms. The van der Waals surface area contributed by atoms with E-state index in [1.54, 1.807) is 0 Å². The number of hydrogen-bond acceptors (Lipinski definition) is 2. The van der Waals surface area contributed by atoms with Gasteiger partial charge in [0.1, 0.15) is 0 Å². The topological polar surface area (TPSA) is 41.1 Å². The lowest BCUT2D eigenvalue weighted by Gasteiger charge is -2.15. The van der Waals surface area contributed by atoms with E-state index in [0.29, 0.717) is 6.54 Å². The molecule has 2 rings (SSSR count). The second kappa shape index (κ2) is 5.73. The summed E-state index contributed by atoms with van der Waals surface area (Å²) in [6.45, 7) is 3.23. The first-order valence-corrected chi connectivity index (χ1v) is 6.96. The number of alkyl halides is 3. The van der Waals surface area contributed by atoms with E-state index in [9.17, 15) is 18.0 Å². The molecule has 1 amide bonds. The standard InChI is InChI=1S/C13H14BrF3N2O/c1-7-5-18-6-11(7)12(20)19-10-3-8(13(15,16)17)2-9(14)4-10/h2-4,7,11,18H,5-6H2,1H3,(H,19,20)/t7-,11-/m1/s1. The summed E-state index contributed by atoms with van der Waals surface area (Å²) in [5.41, 5.74) is -0.643. The Morgan fingerprint density at radius 1 is 1.35 bits per heavy atom. The van der Waals surface area contributed by atoms with Gasteiger partial charge in [-0.2, -0.15) is 13.2 Å². The molecule has 110 valence electrons. The minimum Gasteiger partial charge on any atom is -0.326 e. The molecule has 2 atom stereocenters. The van der Waals surface area contributed by atoms with Crippen LogP contribution in [0.15, 0.2) is 22.7 Å². The highest BCUT2D eigenvalue weighted by molar-refractivity contribution is 9.10. The van der Waals surface area contributed by atoms with E-state index in [0.717, 1.165) is 18.7 Å². The highest BCUT2D eigenvalue weighted by Crippen LogP contribution is 2.33. The third-order valence-corrected chi connectivity index (χ3v) is 3.80. The summed E-state index contributed by atoms with van der Waals surface area (Å²) in [5.74, 6) is -0.304. The van der Waals surface area contributed by atoms with Crippen molar-refractivity contribution in [1.29, 1.82) is 0 Å². The molecule has 1 heterocycles. The maximum atomic E-state index is 12.7. The van der Waals surface area contributed by atoms with E-state index in [-0.39, 0.29) is 27.9 Å². The second-order valence-electron chi connectivity index (χ2n) is 4.96. The normalized spacial score (nSPS) is 22.9. The average Bonchev–Trinajstić information content (AvgIpc) is 2.73. The quantitative estimate of drug-likeness (QED) is 0.859. The van der Waals surface area contributed by atoms with Gasteiger partial charge in [0.05, 0.1) is 11.5 Å². The molecule has 0 spiro atoms. The first-order valence-electron chi connectivity index (χ1n) is 6.17. The van der Waals surface area contributed by atoms with Crippen molar-refractivity contribution in [2.75, 3.05) is 18.4 Å². The molecule has 0 saturated carbocycles. The van der Waals surface area contributed by atoms with E-state index in [4.69, 9.17) is 0 Å². The lowest BCUT2D eigenvalue weighted by Crippen LogP contribution is -2.28. The first kappa shape index (κ1) is 15.3. The van der Waals surface area contributed by atoms with Gasteiger partial charge in [0, 0.05) is 16.7 Å². The zero-order valence-electron chi connectivity index (χ0n) is 10.7. The Labute approximate surface area is 123 Å². The lowest BCUT2D eigenvalue weighted by atomic mass is 9.97. The van der Waals surface area contributed by atoms with Crippen LogP contribution in [0.1, 0.15) is 12.5 Å². The molecule has 0 aliphatic carbocycles. The highest BCUT2D eigenvalue weighted by Gasteiger charge is 2.32. The van der Waals surface area contributed by atoms with Crippen LogP contribution in [0.2, 0.25) is 0 Å². The number of benzene rings is 1. The van der Waals surface area contributed by atoms with Crippen molar-refractivity contribution in [3.05, 3.63) is 28.2 Å². The largest absolute Gasteiger partial charge is 0.416 e. The predicted octanol–water partition coefficient (Wildman–Crippen LogP) is 3.26. The molecule has 3 nitrogen and oxygen atoms in total. The zero-order chi connectivity index (χ0) is 14.9. The molecule has 1 fully saturated rings. The van der Waals surface area contributed by atoms with Crippen molar-refractivity contribution < 1.29 is 18.0 Å². The van der Waals surface area contributed by atoms with E-state index in [1.165, 1.54) is 6.07 Å². The van der Waals surface area contributed by atoms with Crippen molar-refractivity contribution in [3.63, 3.8) is 0 Å². The van der Waals surface area contributed by atoms with Crippen LogP contribution in [-0.4, -0.2) is 19.0 Å². The fraction of sp³-hybridized carbons (Fsp3) is 0.462. The average molecular weight is 351 g/mol. The SMILES string of the molecule is C[C@@H]1CNC[C@H]1C(=O)Nc1cc(Br)cc(C(F)(F)F)c1. The van der Waals surface area contributed by atoms with Gasteiger partial charge in [-0.05, 0) is 30.7 Å². The van der Waals surface area contributed by atoms with Crippen molar-refractivity contribution in [2.45, 2.75) is 13.1 Å². The van der Waals surface area contributed by atoms with Gasteiger partial charge in [0.25, 0.3) is 0 Å². The lowest BCUT2D eigenvalue weighted by molar-refractivity contribution is -0.137. The monoisotopic (exact) mass is 350 g/mol. The molecule has 1 aliphatic heterocycles. The summed E-state index contributed by atoms with van der Waals surface area (Å²) in [7, 11) is 0. The molecule has 1 aromatic carbocycles. The van der Waals surface area contributed by atoms with Crippen LogP contribution in [0.5, 0.6) is 0 Å². The van der Waals surface area contributed by atoms with Gasteiger partial charge >= 0.3 is 6.18 Å². The van der Waals surface area contributed by atoms with Crippen molar-refractivity contribution in [1.82, 2.24) is 5.32 Å². The summed E-state index contributed by atoms with van der Waals surface area (Å²) in [6, 6.07) is 3.38. The Morgan fingerprint density at radius 2 is 2.05 bits per heavy atom. The molecule has 0 radical (unpaired) electrons. The van der Waals surface area contributed by atoms with E-state index >= 15 is 0 Å². The molecule has 1 aliphatic rings. The molecule has 20 heavy (non-hydrogen) atoms. The smallest absolute Gasteiger partial charge is 0.326 e. The zero-order valence-corrected chi connectivity index (χ0v) is 12.3. The number of nitrogens with one attached hydrogen (secondary N) is 2. The highest BCUT2D eigenvalue weighted by atomic mass is 79.9. The van der Waals surface area contributed by atoms with Gasteiger partial charge in [-0.3, -0.25) is 4.79 Å². The van der Waals surface area contributed by atoms with Gasteiger partial charge in [0.2, 0.25) is 5.91 Å². The van der Waals surface area contributed by atoms with Gasteiger partial charge in [-0.1, -0.05) is 22.9 Å². The Bertz CT molecular complexity index is 519. The van der Waals surface area contributed by atoms with Gasteiger partial charge in [-0.25, -0.2) is 0 Å². The number of rotatable bonds is 2. The molecule has 1 aromatic rings. The Kier molecular flexibility index (Phi) is 4.39. The van der Waals surface area contributed by atoms with Crippen LogP contribution >= 0.6 is 15.9 Å². The van der Waals surface area contributed by atoms with E-state index < -0.39 is 11.7 Å². The summed E-state index contributed by atoms with van der Waals surface area (Å²) >= 11 is 3.03. The third kappa shape index (κ3) is 3.52. The predicted molar refractivity (Wildman–Crippen MR) is 73.3 cm³/mol. The van der Waals surface area contributed by atoms with Crippen LogP contribution < -0.4 is 10.6 Å². The maximum Gasteiger partial charge on any atom is 0.416 e. The summed E-state index contributed by atoms with van der Waals surface area (Å²) in [4.78, 5) is 12.0. The van der Waals surface area contributed by atoms with E-state index in [2.05, 4.69) is 26.6 Å². The number of carbonyl (C=O) groups is 1. The molecular formula is C13H14BrF3N2O. The molecule has 1 saturated heterocycles. The Morgan fingerprint density at radius 3 is 2.60 bits per heavy atom. The van der Waals surface area contributed by atoms with Crippen molar-refractivity contribution in [2.24, 2.45) is 11.8 Å². The van der Waals surface area contributed by atoms with Crippen LogP contribution in [0.25, 0.3) is 0 Å². The van der Waals surface area contributed by atoms with Crippen LogP contribution in [0.3, 0.4) is 0 Å². The Hall–Kier alpha value is -1.08. The third-order valence-electron chi connectivity index (χ3n) is 3.35. The fourth-order valence-corrected chi connectivity index (χ4v) is 2.71. The maximum absolute atomic E-state index is 12.7. The van der Waals surface area contributed by atoms with Crippen LogP contribution in [0.4, 0.5) is 18.9 Å². The first-order chi connectivity index (χ1) is 9.27. The van der Waals surface area contributed by atoms with Gasteiger partial charge in [0.15, 0.2) is 0 Å². The fourth-order valence-electron chi connectivity index (χ4n) is 2.22. The van der Waals surface area contributed by atoms with Crippen LogP contribution in [-0.2, 0) is 11.0 Å². The molecule has 0 bridgehead atoms. The molecular weight excluding hydrogens is 337 g/mol.